The summed E-state index contributed by atoms with van der Waals surface area (Å²) in [4.78, 5) is 10.3. The van der Waals surface area contributed by atoms with Crippen molar-refractivity contribution in [3.05, 3.63) is 0 Å². The first-order valence-corrected chi connectivity index (χ1v) is 4.77. The van der Waals surface area contributed by atoms with Gasteiger partial charge in [-0.3, -0.25) is 4.79 Å². The van der Waals surface area contributed by atoms with Gasteiger partial charge >= 0.3 is 0 Å². The molecule has 0 aliphatic carbocycles. The first-order chi connectivity index (χ1) is 5.77. The Bertz CT molecular complexity index is 158. The Morgan fingerprint density at radius 3 is 2.33 bits per heavy atom. The van der Waals surface area contributed by atoms with E-state index >= 15 is 0 Å². The van der Waals surface area contributed by atoms with Crippen LogP contribution >= 0.6 is 11.6 Å². The van der Waals surface area contributed by atoms with Crippen molar-refractivity contribution in [3.63, 3.8) is 0 Å². The number of carbonyl (C=O) groups excluding carboxylic acids is 1. The zero-order valence-corrected chi connectivity index (χ0v) is 8.07. The molecule has 0 aromatic rings. The van der Waals surface area contributed by atoms with Crippen LogP contribution in [0.15, 0.2) is 0 Å². The molecule has 68 valence electrons. The monoisotopic (exact) mass is 186 g/mol. The number of rotatable bonds is 7. The Kier molecular flexibility index (Phi) is 8.27. The number of terminal acetylenes is 1. The highest BCUT2D eigenvalue weighted by Crippen LogP contribution is 2.07. The van der Waals surface area contributed by atoms with Gasteiger partial charge in [-0.1, -0.05) is 19.3 Å². The summed E-state index contributed by atoms with van der Waals surface area (Å²) in [6, 6.07) is 0. The van der Waals surface area contributed by atoms with Gasteiger partial charge in [-0.05, 0) is 24.4 Å². The van der Waals surface area contributed by atoms with Crippen molar-refractivity contribution in [1.29, 1.82) is 0 Å². The van der Waals surface area contributed by atoms with Crippen LogP contribution in [0.25, 0.3) is 0 Å². The Hall–Kier alpha value is -0.480. The zero-order chi connectivity index (χ0) is 9.23. The van der Waals surface area contributed by atoms with E-state index in [0.29, 0.717) is 6.42 Å². The molecule has 0 aromatic heterocycles. The molecule has 0 radical (unpaired) electrons. The maximum Gasteiger partial charge on any atom is 0.221 e. The van der Waals surface area contributed by atoms with E-state index in [1.165, 1.54) is 6.42 Å². The van der Waals surface area contributed by atoms with Crippen molar-refractivity contribution >= 4 is 16.8 Å². The predicted molar refractivity (Wildman–Crippen MR) is 52.0 cm³/mol. The highest BCUT2D eigenvalue weighted by Gasteiger charge is 1.95. The van der Waals surface area contributed by atoms with Crippen molar-refractivity contribution < 1.29 is 4.79 Å². The largest absolute Gasteiger partial charge is 0.281 e. The minimum absolute atomic E-state index is 0.223. The second-order valence-corrected chi connectivity index (χ2v) is 3.25. The number of carbonyl (C=O) groups is 1. The van der Waals surface area contributed by atoms with Crippen LogP contribution in [-0.4, -0.2) is 5.24 Å². The summed E-state index contributed by atoms with van der Waals surface area (Å²) in [6.45, 7) is 0. The lowest BCUT2D eigenvalue weighted by atomic mass is 10.1. The molecule has 0 saturated carbocycles. The van der Waals surface area contributed by atoms with Crippen LogP contribution in [-0.2, 0) is 4.79 Å². The topological polar surface area (TPSA) is 17.1 Å². The second-order valence-electron chi connectivity index (χ2n) is 2.83. The molecule has 2 heteroatoms. The van der Waals surface area contributed by atoms with Crippen molar-refractivity contribution in [3.8, 4) is 12.3 Å². The molecule has 0 aliphatic rings. The summed E-state index contributed by atoms with van der Waals surface area (Å²) >= 11 is 5.17. The van der Waals surface area contributed by atoms with Crippen LogP contribution in [0.2, 0.25) is 0 Å². The van der Waals surface area contributed by atoms with Gasteiger partial charge in [-0.25, -0.2) is 0 Å². The van der Waals surface area contributed by atoms with Gasteiger partial charge in [0.15, 0.2) is 0 Å². The molecule has 0 N–H and O–H groups in total. The summed E-state index contributed by atoms with van der Waals surface area (Å²) < 4.78 is 0. The molecule has 0 unspecified atom stereocenters. The van der Waals surface area contributed by atoms with Gasteiger partial charge in [0, 0.05) is 12.8 Å². The Morgan fingerprint density at radius 2 is 1.75 bits per heavy atom. The van der Waals surface area contributed by atoms with Crippen LogP contribution < -0.4 is 0 Å². The van der Waals surface area contributed by atoms with Crippen molar-refractivity contribution in [2.24, 2.45) is 0 Å². The lowest BCUT2D eigenvalue weighted by Crippen LogP contribution is -1.86. The fourth-order valence-corrected chi connectivity index (χ4v) is 1.16. The molecule has 1 nitrogen and oxygen atoms in total. The summed E-state index contributed by atoms with van der Waals surface area (Å²) in [7, 11) is 0. The van der Waals surface area contributed by atoms with Crippen LogP contribution in [0.5, 0.6) is 0 Å². The molecule has 0 spiro atoms. The summed E-state index contributed by atoms with van der Waals surface area (Å²) in [5.74, 6) is 2.60. The average molecular weight is 187 g/mol. The van der Waals surface area contributed by atoms with Crippen molar-refractivity contribution in [2.45, 2.75) is 44.9 Å². The second kappa shape index (κ2) is 8.62. The minimum atomic E-state index is -0.223. The van der Waals surface area contributed by atoms with Gasteiger partial charge in [0.2, 0.25) is 5.24 Å². The standard InChI is InChI=1S/C10H15ClO/c1-2-3-4-5-6-7-8-9-10(11)12/h1H,3-9H2. The fraction of sp³-hybridized carbons (Fsp3) is 0.700. The Morgan fingerprint density at radius 1 is 1.17 bits per heavy atom. The molecule has 0 bridgehead atoms. The third-order valence-corrected chi connectivity index (χ3v) is 1.88. The average Bonchev–Trinajstić information content (AvgIpc) is 2.02. The lowest BCUT2D eigenvalue weighted by molar-refractivity contribution is -0.111. The van der Waals surface area contributed by atoms with E-state index in [4.69, 9.17) is 18.0 Å². The predicted octanol–water partition coefficient (Wildman–Crippen LogP) is 3.12. The molecule has 0 amide bonds. The smallest absolute Gasteiger partial charge is 0.221 e. The normalized spacial score (nSPS) is 9.33. The maximum atomic E-state index is 10.3. The van der Waals surface area contributed by atoms with Crippen molar-refractivity contribution in [1.82, 2.24) is 0 Å². The van der Waals surface area contributed by atoms with Gasteiger partial charge < -0.3 is 0 Å². The van der Waals surface area contributed by atoms with Gasteiger partial charge in [0.05, 0.1) is 0 Å². The highest BCUT2D eigenvalue weighted by atomic mass is 35.5. The number of unbranched alkanes of at least 4 members (excludes halogenated alkanes) is 5. The van der Waals surface area contributed by atoms with Gasteiger partial charge in [-0.15, -0.1) is 12.3 Å². The molecular weight excluding hydrogens is 172 g/mol. The van der Waals surface area contributed by atoms with E-state index in [1.807, 2.05) is 0 Å². The van der Waals surface area contributed by atoms with Gasteiger partial charge in [0.1, 0.15) is 0 Å². The van der Waals surface area contributed by atoms with Gasteiger partial charge in [0.25, 0.3) is 0 Å². The van der Waals surface area contributed by atoms with Crippen LogP contribution in [0.3, 0.4) is 0 Å². The first-order valence-electron chi connectivity index (χ1n) is 4.39. The Balaban J connectivity index is 2.92. The third kappa shape index (κ3) is 9.52. The minimum Gasteiger partial charge on any atom is -0.281 e. The summed E-state index contributed by atoms with van der Waals surface area (Å²) in [5.41, 5.74) is 0. The first kappa shape index (κ1) is 11.5. The molecule has 0 fully saturated rings. The van der Waals surface area contributed by atoms with E-state index in [-0.39, 0.29) is 5.24 Å². The molecule has 0 aromatic carbocycles. The number of halogens is 1. The third-order valence-electron chi connectivity index (χ3n) is 1.69. The molecule has 0 saturated heterocycles. The SMILES string of the molecule is C#CCCCCCCCC(=O)Cl. The molecule has 0 aliphatic heterocycles. The van der Waals surface area contributed by atoms with Gasteiger partial charge in [-0.2, -0.15) is 0 Å². The van der Waals surface area contributed by atoms with Crippen LogP contribution in [0.1, 0.15) is 44.9 Å². The van der Waals surface area contributed by atoms with Crippen LogP contribution in [0, 0.1) is 12.3 Å². The summed E-state index contributed by atoms with van der Waals surface area (Å²) in [5, 5.41) is -0.223. The zero-order valence-electron chi connectivity index (χ0n) is 7.31. The van der Waals surface area contributed by atoms with E-state index in [1.54, 1.807) is 0 Å². The molecule has 12 heavy (non-hydrogen) atoms. The van der Waals surface area contributed by atoms with E-state index in [9.17, 15) is 4.79 Å². The Labute approximate surface area is 79.5 Å². The van der Waals surface area contributed by atoms with E-state index < -0.39 is 0 Å². The fourth-order valence-electron chi connectivity index (χ4n) is 1.02. The maximum absolute atomic E-state index is 10.3. The van der Waals surface area contributed by atoms with E-state index in [0.717, 1.165) is 32.1 Å². The molecule has 0 atom stereocenters. The quantitative estimate of drug-likeness (QED) is 0.339. The van der Waals surface area contributed by atoms with E-state index in [2.05, 4.69) is 5.92 Å². The number of hydrogen-bond donors (Lipinski definition) is 0. The molecule has 0 heterocycles. The van der Waals surface area contributed by atoms with Crippen molar-refractivity contribution in [2.75, 3.05) is 0 Å². The summed E-state index contributed by atoms with van der Waals surface area (Å²) in [6.07, 6.45) is 11.9. The molecule has 0 rings (SSSR count). The molecular formula is C10H15ClO. The number of hydrogen-bond acceptors (Lipinski definition) is 1. The lowest BCUT2D eigenvalue weighted by Gasteiger charge is -1.96. The van der Waals surface area contributed by atoms with Crippen LogP contribution in [0.4, 0.5) is 0 Å². The highest BCUT2D eigenvalue weighted by molar-refractivity contribution is 6.63.